The van der Waals surface area contributed by atoms with Crippen LogP contribution in [0, 0.1) is 5.92 Å². The lowest BCUT2D eigenvalue weighted by molar-refractivity contribution is -0.185. The average molecular weight is 278 g/mol. The van der Waals surface area contributed by atoms with Crippen LogP contribution in [0.25, 0.3) is 0 Å². The van der Waals surface area contributed by atoms with Gasteiger partial charge in [0, 0.05) is 24.5 Å². The maximum Gasteiger partial charge on any atom is 0.224 e. The Bertz CT molecular complexity index is 413. The van der Waals surface area contributed by atoms with E-state index in [1.165, 1.54) is 12.8 Å². The molecule has 0 spiro atoms. The zero-order chi connectivity index (χ0) is 13.9. The smallest absolute Gasteiger partial charge is 0.224 e. The monoisotopic (exact) mass is 278 g/mol. The summed E-state index contributed by atoms with van der Waals surface area (Å²) >= 11 is 0. The van der Waals surface area contributed by atoms with E-state index in [0.29, 0.717) is 23.9 Å². The molecule has 4 aliphatic heterocycles. The van der Waals surface area contributed by atoms with Crippen LogP contribution in [0.4, 0.5) is 0 Å². The molecule has 0 radical (unpaired) electrons. The summed E-state index contributed by atoms with van der Waals surface area (Å²) < 4.78 is 0. The summed E-state index contributed by atoms with van der Waals surface area (Å²) in [5.74, 6) is 1.07. The SMILES string of the molecule is C[C@@H]1C[C@@H]2C[C@H]3CCCC(=O)N3[C@H]3CC[C@H](O)[C@@H](C1)N23. The molecule has 4 saturated heterocycles. The van der Waals surface area contributed by atoms with Crippen LogP contribution < -0.4 is 0 Å². The highest BCUT2D eigenvalue weighted by molar-refractivity contribution is 5.77. The molecule has 6 atom stereocenters. The second-order valence-corrected chi connectivity index (χ2v) is 7.45. The number of aliphatic hydroxyl groups excluding tert-OH is 1. The van der Waals surface area contributed by atoms with Crippen LogP contribution in [0.5, 0.6) is 0 Å². The Hall–Kier alpha value is -0.610. The van der Waals surface area contributed by atoms with Crippen molar-refractivity contribution < 1.29 is 9.90 Å². The van der Waals surface area contributed by atoms with Gasteiger partial charge < -0.3 is 10.0 Å². The summed E-state index contributed by atoms with van der Waals surface area (Å²) in [6, 6.07) is 1.36. The molecular weight excluding hydrogens is 252 g/mol. The van der Waals surface area contributed by atoms with E-state index in [2.05, 4.69) is 16.7 Å². The van der Waals surface area contributed by atoms with Gasteiger partial charge in [0.2, 0.25) is 5.91 Å². The first-order chi connectivity index (χ1) is 9.65. The number of carbonyl (C=O) groups is 1. The van der Waals surface area contributed by atoms with E-state index in [0.717, 1.165) is 38.5 Å². The van der Waals surface area contributed by atoms with Gasteiger partial charge in [-0.25, -0.2) is 0 Å². The molecule has 0 saturated carbocycles. The third-order valence-electron chi connectivity index (χ3n) is 6.11. The van der Waals surface area contributed by atoms with Crippen molar-refractivity contribution in [3.05, 3.63) is 0 Å². The van der Waals surface area contributed by atoms with Crippen molar-refractivity contribution in [3.63, 3.8) is 0 Å². The maximum absolute atomic E-state index is 12.4. The molecule has 1 amide bonds. The van der Waals surface area contributed by atoms with E-state index in [1.54, 1.807) is 0 Å². The van der Waals surface area contributed by atoms with Crippen molar-refractivity contribution in [3.8, 4) is 0 Å². The van der Waals surface area contributed by atoms with E-state index in [1.807, 2.05) is 0 Å². The first kappa shape index (κ1) is 13.1. The molecule has 4 aliphatic rings. The number of hydrogen-bond donors (Lipinski definition) is 1. The fourth-order valence-corrected chi connectivity index (χ4v) is 5.39. The topological polar surface area (TPSA) is 43.8 Å². The first-order valence-corrected chi connectivity index (χ1v) is 8.42. The second kappa shape index (κ2) is 4.70. The Morgan fingerprint density at radius 2 is 1.95 bits per heavy atom. The quantitative estimate of drug-likeness (QED) is 0.734. The van der Waals surface area contributed by atoms with Gasteiger partial charge in [-0.15, -0.1) is 0 Å². The zero-order valence-corrected chi connectivity index (χ0v) is 12.4. The van der Waals surface area contributed by atoms with Gasteiger partial charge in [-0.1, -0.05) is 6.92 Å². The molecule has 0 bridgehead atoms. The highest BCUT2D eigenvalue weighted by atomic mass is 16.3. The minimum absolute atomic E-state index is 0.187. The molecule has 0 aliphatic carbocycles. The molecule has 0 aromatic carbocycles. The zero-order valence-electron chi connectivity index (χ0n) is 12.4. The minimum Gasteiger partial charge on any atom is -0.391 e. The number of amides is 1. The number of carbonyl (C=O) groups excluding carboxylic acids is 1. The van der Waals surface area contributed by atoms with Gasteiger partial charge in [-0.3, -0.25) is 9.69 Å². The highest BCUT2D eigenvalue weighted by Crippen LogP contribution is 2.44. The summed E-state index contributed by atoms with van der Waals surface area (Å²) in [6.07, 6.45) is 8.40. The summed E-state index contributed by atoms with van der Waals surface area (Å²) in [4.78, 5) is 17.1. The number of piperidine rings is 3. The largest absolute Gasteiger partial charge is 0.391 e. The Balaban J connectivity index is 1.68. The summed E-state index contributed by atoms with van der Waals surface area (Å²) in [5, 5.41) is 10.4. The molecule has 1 N–H and O–H groups in total. The van der Waals surface area contributed by atoms with Gasteiger partial charge in [0.1, 0.15) is 0 Å². The Morgan fingerprint density at radius 3 is 2.80 bits per heavy atom. The van der Waals surface area contributed by atoms with E-state index >= 15 is 0 Å². The number of aliphatic hydroxyl groups is 1. The van der Waals surface area contributed by atoms with E-state index in [9.17, 15) is 9.90 Å². The van der Waals surface area contributed by atoms with E-state index in [-0.39, 0.29) is 18.3 Å². The first-order valence-electron chi connectivity index (χ1n) is 8.42. The van der Waals surface area contributed by atoms with Gasteiger partial charge in [0.05, 0.1) is 12.3 Å². The van der Waals surface area contributed by atoms with Crippen molar-refractivity contribution in [1.82, 2.24) is 9.80 Å². The molecule has 4 fully saturated rings. The predicted molar refractivity (Wildman–Crippen MR) is 75.9 cm³/mol. The average Bonchev–Trinajstić information content (AvgIpc) is 2.41. The summed E-state index contributed by atoms with van der Waals surface area (Å²) in [7, 11) is 0. The molecule has 4 heteroatoms. The Kier molecular flexibility index (Phi) is 3.08. The van der Waals surface area contributed by atoms with Crippen LogP contribution in [-0.2, 0) is 4.79 Å². The molecule has 20 heavy (non-hydrogen) atoms. The lowest BCUT2D eigenvalue weighted by Gasteiger charge is -2.61. The van der Waals surface area contributed by atoms with Gasteiger partial charge in [-0.2, -0.15) is 0 Å². The van der Waals surface area contributed by atoms with Crippen LogP contribution in [0.15, 0.2) is 0 Å². The second-order valence-electron chi connectivity index (χ2n) is 7.45. The van der Waals surface area contributed by atoms with Crippen molar-refractivity contribution in [2.24, 2.45) is 5.92 Å². The van der Waals surface area contributed by atoms with Crippen LogP contribution in [0.3, 0.4) is 0 Å². The normalized spacial score (nSPS) is 48.7. The highest BCUT2D eigenvalue weighted by Gasteiger charge is 2.52. The number of hydrogen-bond acceptors (Lipinski definition) is 3. The fourth-order valence-electron chi connectivity index (χ4n) is 5.39. The standard InChI is InChI=1S/C16H26N2O2/c1-10-7-12-9-11-3-2-4-16(20)18(11)15-6-5-14(19)13(8-10)17(12)15/h10-15,19H,2-9H2,1H3/t10-,11-,12-,13-,14+,15+/m1/s1. The fraction of sp³-hybridized carbons (Fsp3) is 0.938. The maximum atomic E-state index is 12.4. The number of nitrogens with zero attached hydrogens (tertiary/aromatic N) is 2. The molecular formula is C16H26N2O2. The Labute approximate surface area is 121 Å². The summed E-state index contributed by atoms with van der Waals surface area (Å²) in [5.41, 5.74) is 0. The molecule has 4 nitrogen and oxygen atoms in total. The van der Waals surface area contributed by atoms with Gasteiger partial charge in [-0.05, 0) is 50.9 Å². The van der Waals surface area contributed by atoms with E-state index in [4.69, 9.17) is 0 Å². The van der Waals surface area contributed by atoms with Crippen molar-refractivity contribution in [1.29, 1.82) is 0 Å². The molecule has 0 aromatic rings. The van der Waals surface area contributed by atoms with Crippen LogP contribution in [0.2, 0.25) is 0 Å². The van der Waals surface area contributed by atoms with Crippen molar-refractivity contribution in [2.45, 2.75) is 88.7 Å². The predicted octanol–water partition coefficient (Wildman–Crippen LogP) is 1.72. The summed E-state index contributed by atoms with van der Waals surface area (Å²) in [6.45, 7) is 2.33. The molecule has 0 unspecified atom stereocenters. The molecule has 4 rings (SSSR count). The van der Waals surface area contributed by atoms with Crippen LogP contribution >= 0.6 is 0 Å². The Morgan fingerprint density at radius 1 is 1.10 bits per heavy atom. The molecule has 112 valence electrons. The molecule has 4 heterocycles. The third kappa shape index (κ3) is 1.84. The van der Waals surface area contributed by atoms with Gasteiger partial charge in [0.15, 0.2) is 0 Å². The van der Waals surface area contributed by atoms with Crippen molar-refractivity contribution in [2.75, 3.05) is 0 Å². The van der Waals surface area contributed by atoms with E-state index < -0.39 is 0 Å². The lowest BCUT2D eigenvalue weighted by atomic mass is 9.75. The van der Waals surface area contributed by atoms with Gasteiger partial charge >= 0.3 is 0 Å². The van der Waals surface area contributed by atoms with Gasteiger partial charge in [0.25, 0.3) is 0 Å². The number of fused-ring (bicyclic) bond motifs is 2. The van der Waals surface area contributed by atoms with Crippen molar-refractivity contribution >= 4 is 5.91 Å². The molecule has 0 aromatic heterocycles. The van der Waals surface area contributed by atoms with Crippen LogP contribution in [0.1, 0.15) is 58.3 Å². The lowest BCUT2D eigenvalue weighted by Crippen LogP contribution is -2.72. The number of rotatable bonds is 0. The van der Waals surface area contributed by atoms with Crippen LogP contribution in [-0.4, -0.2) is 51.2 Å². The third-order valence-corrected chi connectivity index (χ3v) is 6.11. The minimum atomic E-state index is -0.187.